The molecule has 0 fully saturated rings. The van der Waals surface area contributed by atoms with Crippen LogP contribution in [0.25, 0.3) is 0 Å². The minimum atomic E-state index is -2.40. The van der Waals surface area contributed by atoms with Crippen molar-refractivity contribution in [3.05, 3.63) is 30.1 Å². The fourth-order valence-electron chi connectivity index (χ4n) is 0.745. The Balaban J connectivity index is 2.25. The molecular weight excluding hydrogens is 164 g/mol. The van der Waals surface area contributed by atoms with E-state index in [1.807, 2.05) is 0 Å². The second-order valence-electron chi connectivity index (χ2n) is 2.26. The molecule has 0 aliphatic heterocycles. The number of rotatable bonds is 4. The first-order valence-electron chi connectivity index (χ1n) is 3.54. The highest BCUT2D eigenvalue weighted by Gasteiger charge is 2.01. The summed E-state index contributed by atoms with van der Waals surface area (Å²) in [6.45, 7) is -0.296. The first-order valence-corrected chi connectivity index (χ1v) is 3.54. The molecule has 0 N–H and O–H groups in total. The van der Waals surface area contributed by atoms with Crippen molar-refractivity contribution < 1.29 is 13.5 Å². The maximum atomic E-state index is 11.6. The fourth-order valence-corrected chi connectivity index (χ4v) is 0.745. The summed E-state index contributed by atoms with van der Waals surface area (Å²) in [6, 6.07) is 3.46. The lowest BCUT2D eigenvalue weighted by Gasteiger charge is -2.02. The third-order valence-electron chi connectivity index (χ3n) is 1.26. The standard InChI is InChI=1S/C8H9F2NO/c9-8(10)6-12-5-7-1-3-11-4-2-7/h1-4,8H,5-6H2. The van der Waals surface area contributed by atoms with Gasteiger partial charge in [-0.25, -0.2) is 8.78 Å². The van der Waals surface area contributed by atoms with Crippen molar-refractivity contribution in [2.24, 2.45) is 0 Å². The minimum absolute atomic E-state index is 0.215. The van der Waals surface area contributed by atoms with Crippen molar-refractivity contribution in [3.8, 4) is 0 Å². The molecule has 0 unspecified atom stereocenters. The van der Waals surface area contributed by atoms with Gasteiger partial charge in [-0.15, -0.1) is 0 Å². The highest BCUT2D eigenvalue weighted by Crippen LogP contribution is 2.00. The maximum absolute atomic E-state index is 11.6. The van der Waals surface area contributed by atoms with Crippen LogP contribution < -0.4 is 0 Å². The van der Waals surface area contributed by atoms with E-state index in [4.69, 9.17) is 4.74 Å². The van der Waals surface area contributed by atoms with Crippen molar-refractivity contribution in [1.29, 1.82) is 0 Å². The number of hydrogen-bond donors (Lipinski definition) is 0. The monoisotopic (exact) mass is 173 g/mol. The van der Waals surface area contributed by atoms with Crippen LogP contribution >= 0.6 is 0 Å². The van der Waals surface area contributed by atoms with Gasteiger partial charge in [-0.3, -0.25) is 4.98 Å². The molecule has 66 valence electrons. The average Bonchev–Trinajstić information content (AvgIpc) is 2.05. The molecule has 1 heterocycles. The first kappa shape index (κ1) is 9.06. The number of aromatic nitrogens is 1. The molecule has 0 saturated carbocycles. The quantitative estimate of drug-likeness (QED) is 0.693. The zero-order valence-corrected chi connectivity index (χ0v) is 6.41. The Hall–Kier alpha value is -1.03. The van der Waals surface area contributed by atoms with Crippen LogP contribution in [0.3, 0.4) is 0 Å². The lowest BCUT2D eigenvalue weighted by molar-refractivity contribution is 0.00986. The van der Waals surface area contributed by atoms with Crippen LogP contribution in [0.1, 0.15) is 5.56 Å². The molecule has 0 aliphatic rings. The molecule has 1 aromatic rings. The zero-order valence-electron chi connectivity index (χ0n) is 6.41. The molecule has 1 aromatic heterocycles. The van der Waals surface area contributed by atoms with E-state index in [2.05, 4.69) is 4.98 Å². The molecule has 0 atom stereocenters. The molecule has 4 heteroatoms. The van der Waals surface area contributed by atoms with Crippen molar-refractivity contribution in [1.82, 2.24) is 4.98 Å². The number of pyridine rings is 1. The lowest BCUT2D eigenvalue weighted by atomic mass is 10.3. The summed E-state index contributed by atoms with van der Waals surface area (Å²) in [5, 5.41) is 0. The number of alkyl halides is 2. The smallest absolute Gasteiger partial charge is 0.261 e. The van der Waals surface area contributed by atoms with Crippen LogP contribution in [0.4, 0.5) is 8.78 Å². The van der Waals surface area contributed by atoms with E-state index in [1.54, 1.807) is 24.5 Å². The Morgan fingerprint density at radius 1 is 1.33 bits per heavy atom. The van der Waals surface area contributed by atoms with Gasteiger partial charge in [-0.05, 0) is 17.7 Å². The van der Waals surface area contributed by atoms with Crippen LogP contribution in [-0.2, 0) is 11.3 Å². The molecule has 0 aromatic carbocycles. The van der Waals surface area contributed by atoms with Crippen LogP contribution in [-0.4, -0.2) is 18.0 Å². The maximum Gasteiger partial charge on any atom is 0.261 e. The van der Waals surface area contributed by atoms with E-state index in [0.29, 0.717) is 0 Å². The molecule has 0 radical (unpaired) electrons. The minimum Gasteiger partial charge on any atom is -0.371 e. The number of nitrogens with zero attached hydrogens (tertiary/aromatic N) is 1. The molecule has 0 spiro atoms. The topological polar surface area (TPSA) is 22.1 Å². The molecule has 0 saturated heterocycles. The van der Waals surface area contributed by atoms with E-state index < -0.39 is 13.0 Å². The summed E-state index contributed by atoms with van der Waals surface area (Å²) >= 11 is 0. The third-order valence-corrected chi connectivity index (χ3v) is 1.26. The molecule has 1 rings (SSSR count). The first-order chi connectivity index (χ1) is 5.79. The Morgan fingerprint density at radius 2 is 2.00 bits per heavy atom. The molecular formula is C8H9F2NO. The fraction of sp³-hybridized carbons (Fsp3) is 0.375. The summed E-state index contributed by atoms with van der Waals surface area (Å²) in [7, 11) is 0. The highest BCUT2D eigenvalue weighted by atomic mass is 19.3. The van der Waals surface area contributed by atoms with Gasteiger partial charge in [0.1, 0.15) is 6.61 Å². The van der Waals surface area contributed by atoms with Crippen molar-refractivity contribution in [2.75, 3.05) is 6.61 Å². The SMILES string of the molecule is FC(F)COCc1ccncc1. The average molecular weight is 173 g/mol. The summed E-state index contributed by atoms with van der Waals surface area (Å²) in [6.07, 6.45) is 0.800. The van der Waals surface area contributed by atoms with Crippen molar-refractivity contribution in [2.45, 2.75) is 13.0 Å². The number of ether oxygens (including phenoxy) is 1. The number of halogens is 2. The molecule has 0 amide bonds. The Labute approximate surface area is 69.2 Å². The van der Waals surface area contributed by atoms with Gasteiger partial charge in [-0.1, -0.05) is 0 Å². The summed E-state index contributed by atoms with van der Waals surface area (Å²) in [5.74, 6) is 0. The summed E-state index contributed by atoms with van der Waals surface area (Å²) in [5.41, 5.74) is 0.852. The molecule has 0 bridgehead atoms. The van der Waals surface area contributed by atoms with Gasteiger partial charge in [0, 0.05) is 12.4 Å². The van der Waals surface area contributed by atoms with Crippen LogP contribution in [0, 0.1) is 0 Å². The highest BCUT2D eigenvalue weighted by molar-refractivity contribution is 5.07. The van der Waals surface area contributed by atoms with Crippen molar-refractivity contribution >= 4 is 0 Å². The van der Waals surface area contributed by atoms with Gasteiger partial charge in [0.15, 0.2) is 0 Å². The Kier molecular flexibility index (Phi) is 3.60. The van der Waals surface area contributed by atoms with Gasteiger partial charge in [-0.2, -0.15) is 0 Å². The normalized spacial score (nSPS) is 10.6. The second-order valence-corrected chi connectivity index (χ2v) is 2.26. The molecule has 2 nitrogen and oxygen atoms in total. The van der Waals surface area contributed by atoms with E-state index in [9.17, 15) is 8.78 Å². The molecule has 0 aliphatic carbocycles. The number of hydrogen-bond acceptors (Lipinski definition) is 2. The van der Waals surface area contributed by atoms with Gasteiger partial charge in [0.05, 0.1) is 6.61 Å². The van der Waals surface area contributed by atoms with Crippen LogP contribution in [0.5, 0.6) is 0 Å². The van der Waals surface area contributed by atoms with Crippen LogP contribution in [0.2, 0.25) is 0 Å². The van der Waals surface area contributed by atoms with Crippen LogP contribution in [0.15, 0.2) is 24.5 Å². The van der Waals surface area contributed by atoms with E-state index in [0.717, 1.165) is 5.56 Å². The van der Waals surface area contributed by atoms with Crippen molar-refractivity contribution in [3.63, 3.8) is 0 Å². The van der Waals surface area contributed by atoms with E-state index >= 15 is 0 Å². The Morgan fingerprint density at radius 3 is 2.58 bits per heavy atom. The largest absolute Gasteiger partial charge is 0.371 e. The zero-order chi connectivity index (χ0) is 8.81. The second kappa shape index (κ2) is 4.77. The summed E-state index contributed by atoms with van der Waals surface area (Å²) in [4.78, 5) is 3.78. The predicted octanol–water partition coefficient (Wildman–Crippen LogP) is 1.86. The lowest BCUT2D eigenvalue weighted by Crippen LogP contribution is -2.03. The summed E-state index contributed by atoms with van der Waals surface area (Å²) < 4.78 is 27.9. The van der Waals surface area contributed by atoms with Gasteiger partial charge in [0.25, 0.3) is 6.43 Å². The Bertz CT molecular complexity index is 216. The van der Waals surface area contributed by atoms with E-state index in [-0.39, 0.29) is 6.61 Å². The van der Waals surface area contributed by atoms with Gasteiger partial charge < -0.3 is 4.74 Å². The van der Waals surface area contributed by atoms with Gasteiger partial charge in [0.2, 0.25) is 0 Å². The van der Waals surface area contributed by atoms with E-state index in [1.165, 1.54) is 0 Å². The molecule has 12 heavy (non-hydrogen) atoms. The van der Waals surface area contributed by atoms with Gasteiger partial charge >= 0.3 is 0 Å². The third kappa shape index (κ3) is 3.39. The predicted molar refractivity (Wildman–Crippen MR) is 39.9 cm³/mol.